The van der Waals surface area contributed by atoms with Crippen molar-refractivity contribution in [2.24, 2.45) is 0 Å². The molecule has 0 fully saturated rings. The Labute approximate surface area is 429 Å². The average molecular weight is 919 g/mol. The molecule has 2 heterocycles. The van der Waals surface area contributed by atoms with E-state index in [-0.39, 0.29) is 34.6 Å². The number of fused-ring (bicyclic) bond motifs is 1. The Morgan fingerprint density at radius 1 is 0.536 bits per heavy atom. The van der Waals surface area contributed by atoms with Gasteiger partial charge in [-0.05, 0) is 163 Å². The van der Waals surface area contributed by atoms with Crippen LogP contribution in [0.1, 0.15) is 151 Å². The number of aromatic nitrogens is 3. The standard InChI is InChI=1S/C65H67N3O/c1-39(2)48-30-49(40(3)4)32-52(31-48)46-23-26-60(43(9)29-46)68-61-20-16-19-56(62(61)67-64(68)58-37-50(41(5)6)36-57(42(7)8)63(58)69)53-33-51(44-17-14-13-15-18-44)34-54(35-53)59-38-47(27-28-66-59)45-21-24-55(25-22-45)65(10,11)12/h13-42,69H,1-12H3/i9D3,10D3,11D3,12D3,39D. The van der Waals surface area contributed by atoms with E-state index in [1.165, 1.54) is 24.3 Å². The molecule has 0 atom stereocenters. The Bertz CT molecular complexity index is 3810. The molecule has 2 aromatic heterocycles. The van der Waals surface area contributed by atoms with Crippen LogP contribution in [-0.4, -0.2) is 19.6 Å². The molecule has 0 spiro atoms. The summed E-state index contributed by atoms with van der Waals surface area (Å²) in [6.07, 6.45) is 1.63. The number of pyridine rings is 1. The highest BCUT2D eigenvalue weighted by molar-refractivity contribution is 5.98. The van der Waals surface area contributed by atoms with E-state index in [2.05, 4.69) is 39.8 Å². The fourth-order valence-electron chi connectivity index (χ4n) is 9.14. The first-order valence-electron chi connectivity index (χ1n) is 30.2. The second-order valence-corrected chi connectivity index (χ2v) is 19.4. The van der Waals surface area contributed by atoms with E-state index < -0.39 is 38.7 Å². The van der Waals surface area contributed by atoms with E-state index >= 15 is 0 Å². The van der Waals surface area contributed by atoms with Crippen LogP contribution in [0.3, 0.4) is 0 Å². The zero-order valence-corrected chi connectivity index (χ0v) is 40.5. The second kappa shape index (κ2) is 18.8. The molecule has 0 aliphatic heterocycles. The maximum absolute atomic E-state index is 12.4. The van der Waals surface area contributed by atoms with Gasteiger partial charge in [-0.25, -0.2) is 4.98 Å². The van der Waals surface area contributed by atoms with Crippen LogP contribution in [0.25, 0.3) is 83.9 Å². The number of hydrogen-bond donors (Lipinski definition) is 1. The van der Waals surface area contributed by atoms with Gasteiger partial charge in [0.2, 0.25) is 0 Å². The molecular weight excluding hydrogens is 839 g/mol. The summed E-state index contributed by atoms with van der Waals surface area (Å²) in [7, 11) is 0. The Morgan fingerprint density at radius 3 is 1.88 bits per heavy atom. The first-order chi connectivity index (χ1) is 38.2. The number of benzene rings is 7. The predicted octanol–water partition coefficient (Wildman–Crippen LogP) is 18.2. The molecule has 4 heteroatoms. The molecule has 4 nitrogen and oxygen atoms in total. The highest BCUT2D eigenvalue weighted by Gasteiger charge is 2.25. The summed E-state index contributed by atoms with van der Waals surface area (Å²) < 4.78 is 112. The summed E-state index contributed by atoms with van der Waals surface area (Å²) >= 11 is 0. The molecular formula is C65H67N3O. The molecule has 0 radical (unpaired) electrons. The molecule has 0 bridgehead atoms. The van der Waals surface area contributed by atoms with Crippen LogP contribution < -0.4 is 0 Å². The monoisotopic (exact) mass is 919 g/mol. The van der Waals surface area contributed by atoms with Crippen molar-refractivity contribution >= 4 is 11.0 Å². The average Bonchev–Trinajstić information content (AvgIpc) is 1.60. The van der Waals surface area contributed by atoms with Crippen molar-refractivity contribution < 1.29 is 22.9 Å². The van der Waals surface area contributed by atoms with Crippen LogP contribution in [-0.2, 0) is 5.41 Å². The van der Waals surface area contributed by atoms with Gasteiger partial charge in [-0.15, -0.1) is 0 Å². The number of phenols is 1. The first-order valence-corrected chi connectivity index (χ1v) is 23.7. The fourth-order valence-corrected chi connectivity index (χ4v) is 9.14. The highest BCUT2D eigenvalue weighted by Crippen LogP contribution is 2.44. The van der Waals surface area contributed by atoms with Crippen molar-refractivity contribution in [3.63, 3.8) is 0 Å². The zero-order chi connectivity index (χ0) is 59.8. The predicted molar refractivity (Wildman–Crippen MR) is 293 cm³/mol. The Hall–Kier alpha value is -7.04. The van der Waals surface area contributed by atoms with Gasteiger partial charge in [-0.2, -0.15) is 0 Å². The van der Waals surface area contributed by atoms with Gasteiger partial charge in [-0.3, -0.25) is 9.55 Å². The Kier molecular flexibility index (Phi) is 9.12. The minimum absolute atomic E-state index is 0.0423. The number of para-hydroxylation sites is 1. The number of aryl methyl sites for hydroxylation is 1. The van der Waals surface area contributed by atoms with Gasteiger partial charge in [0.1, 0.15) is 11.6 Å². The lowest BCUT2D eigenvalue weighted by Crippen LogP contribution is -2.10. The third-order valence-corrected chi connectivity index (χ3v) is 13.2. The molecule has 0 unspecified atom stereocenters. The minimum atomic E-state index is -3.41. The largest absolute Gasteiger partial charge is 0.507 e. The number of hydrogen-bond acceptors (Lipinski definition) is 3. The van der Waals surface area contributed by atoms with Gasteiger partial charge >= 0.3 is 0 Å². The van der Waals surface area contributed by atoms with Gasteiger partial charge in [0, 0.05) is 35.1 Å². The van der Waals surface area contributed by atoms with Crippen molar-refractivity contribution in [1.82, 2.24) is 14.5 Å². The van der Waals surface area contributed by atoms with Crippen LogP contribution in [0.15, 0.2) is 158 Å². The molecule has 0 amide bonds. The molecule has 348 valence electrons. The van der Waals surface area contributed by atoms with Gasteiger partial charge in [-0.1, -0.05) is 173 Å². The molecule has 9 rings (SSSR count). The summed E-state index contributed by atoms with van der Waals surface area (Å²) in [6.45, 7) is 3.24. The highest BCUT2D eigenvalue weighted by atomic mass is 16.3. The number of rotatable bonds is 11. The van der Waals surface area contributed by atoms with Crippen molar-refractivity contribution in [3.8, 4) is 78.6 Å². The second-order valence-electron chi connectivity index (χ2n) is 19.4. The van der Waals surface area contributed by atoms with Crippen molar-refractivity contribution in [2.45, 2.75) is 112 Å². The smallest absolute Gasteiger partial charge is 0.149 e. The molecule has 1 N–H and O–H groups in total. The molecule has 69 heavy (non-hydrogen) atoms. The van der Waals surface area contributed by atoms with Crippen molar-refractivity contribution in [2.75, 3.05) is 0 Å². The van der Waals surface area contributed by atoms with E-state index in [0.717, 1.165) is 44.5 Å². The topological polar surface area (TPSA) is 50.9 Å². The molecule has 0 aliphatic carbocycles. The molecule has 0 saturated heterocycles. The van der Waals surface area contributed by atoms with Crippen LogP contribution in [0.2, 0.25) is 0 Å². The van der Waals surface area contributed by atoms with Crippen molar-refractivity contribution in [1.29, 1.82) is 0 Å². The Morgan fingerprint density at radius 2 is 1.19 bits per heavy atom. The van der Waals surface area contributed by atoms with E-state index in [9.17, 15) is 5.11 Å². The number of aromatic hydroxyl groups is 1. The minimum Gasteiger partial charge on any atom is -0.507 e. The lowest BCUT2D eigenvalue weighted by Gasteiger charge is -2.19. The number of imidazole rings is 1. The third-order valence-electron chi connectivity index (χ3n) is 13.2. The normalized spacial score (nSPS) is 15.7. The van der Waals surface area contributed by atoms with Crippen molar-refractivity contribution in [3.05, 3.63) is 191 Å². The van der Waals surface area contributed by atoms with E-state index in [1.807, 2.05) is 135 Å². The summed E-state index contributed by atoms with van der Waals surface area (Å²) in [5.41, 5.74) is 9.19. The lowest BCUT2D eigenvalue weighted by molar-refractivity contribution is 0.466. The van der Waals surface area contributed by atoms with E-state index in [0.29, 0.717) is 61.6 Å². The molecule has 0 saturated carbocycles. The molecule has 7 aromatic carbocycles. The van der Waals surface area contributed by atoms with Gasteiger partial charge in [0.15, 0.2) is 0 Å². The first kappa shape index (κ1) is 33.5. The maximum atomic E-state index is 12.4. The number of phenolic OH excluding ortho intramolecular Hbond substituents is 1. The fraction of sp³-hybridized carbons (Fsp3) is 0.262. The van der Waals surface area contributed by atoms with Gasteiger partial charge in [0.25, 0.3) is 0 Å². The van der Waals surface area contributed by atoms with Crippen LogP contribution in [0, 0.1) is 6.85 Å². The third kappa shape index (κ3) is 9.42. The van der Waals surface area contributed by atoms with Gasteiger partial charge < -0.3 is 5.11 Å². The summed E-state index contributed by atoms with van der Waals surface area (Å²) in [5, 5.41) is 12.4. The van der Waals surface area contributed by atoms with Crippen LogP contribution in [0.5, 0.6) is 5.75 Å². The quantitative estimate of drug-likeness (QED) is 0.141. The van der Waals surface area contributed by atoms with Crippen LogP contribution >= 0.6 is 0 Å². The Balaban J connectivity index is 1.28. The SMILES string of the molecule is [2H]C([2H])([2H])c1cc(-c2cc(C(C)C)cc(C([2H])(C)C)c2)ccc1-n1c(-c2cc(C(C)C)cc(C(C)C)c2O)nc2c(-c3cc(-c4ccccc4)cc(-c4cc(-c5ccc(C(C([2H])([2H])[2H])(C([2H])([2H])[2H])C([2H])([2H])[2H])cc5)ccn4)c3)cccc21. The summed E-state index contributed by atoms with van der Waals surface area (Å²) in [4.78, 5) is 10.3. The maximum Gasteiger partial charge on any atom is 0.149 e. The summed E-state index contributed by atoms with van der Waals surface area (Å²) in [5.74, 6) is -0.384. The summed E-state index contributed by atoms with van der Waals surface area (Å²) in [6, 6.07) is 46.4. The van der Waals surface area contributed by atoms with Gasteiger partial charge in [0.05, 0.1) is 28.0 Å². The zero-order valence-electron chi connectivity index (χ0n) is 53.5. The molecule has 0 aliphatic rings. The molecule has 9 aromatic rings. The number of nitrogens with zero attached hydrogens (tertiary/aromatic N) is 3. The van der Waals surface area contributed by atoms with Crippen LogP contribution in [0.4, 0.5) is 0 Å². The van der Waals surface area contributed by atoms with E-state index in [4.69, 9.17) is 27.8 Å². The lowest BCUT2D eigenvalue weighted by atomic mass is 9.86. The van der Waals surface area contributed by atoms with E-state index in [1.54, 1.807) is 18.3 Å².